The van der Waals surface area contributed by atoms with Crippen molar-refractivity contribution in [2.45, 2.75) is 26.4 Å². The van der Waals surface area contributed by atoms with Gasteiger partial charge in [0.2, 0.25) is 11.8 Å². The van der Waals surface area contributed by atoms with Gasteiger partial charge in [0.25, 0.3) is 0 Å². The molecule has 9 nitrogen and oxygen atoms in total. The number of nitrogens with one attached hydrogen (secondary N) is 2. The molecule has 130 valence electrons. The molecular weight excluding hydrogens is 335 g/mol. The van der Waals surface area contributed by atoms with Crippen LogP contribution in [0.3, 0.4) is 0 Å². The van der Waals surface area contributed by atoms with Crippen LogP contribution in [0.25, 0.3) is 0 Å². The molecule has 0 radical (unpaired) electrons. The van der Waals surface area contributed by atoms with Crippen molar-refractivity contribution in [3.8, 4) is 0 Å². The van der Waals surface area contributed by atoms with Gasteiger partial charge >= 0.3 is 7.82 Å². The van der Waals surface area contributed by atoms with E-state index in [4.69, 9.17) is 9.79 Å². The summed E-state index contributed by atoms with van der Waals surface area (Å²) in [6.45, 7) is 2.86. The largest absolute Gasteiger partial charge is 0.469 e. The Balaban J connectivity index is 4.24. The molecule has 0 aromatic rings. The number of hydrogen-bond donors (Lipinski definition) is 5. The van der Waals surface area contributed by atoms with Gasteiger partial charge < -0.3 is 25.5 Å². The molecule has 0 aliphatic rings. The molecular formula is C11H24N2O7PS+. The van der Waals surface area contributed by atoms with Crippen molar-refractivity contribution < 1.29 is 33.6 Å². The van der Waals surface area contributed by atoms with Gasteiger partial charge in [0.05, 0.1) is 13.2 Å². The van der Waals surface area contributed by atoms with E-state index >= 15 is 0 Å². The molecule has 0 saturated heterocycles. The number of carbonyl (C=O) groups excluding carboxylic acids is 2. The first kappa shape index (κ1) is 21.4. The zero-order valence-corrected chi connectivity index (χ0v) is 14.4. The molecule has 0 heterocycles. The molecule has 0 unspecified atom stereocenters. The van der Waals surface area contributed by atoms with Crippen molar-refractivity contribution in [1.29, 1.82) is 0 Å². The quantitative estimate of drug-likeness (QED) is 0.227. The Morgan fingerprint density at radius 3 is 2.36 bits per heavy atom. The third-order valence-electron chi connectivity index (χ3n) is 2.69. The number of aliphatic hydroxyl groups excluding tert-OH is 1. The maximum absolute atomic E-state index is 11.8. The van der Waals surface area contributed by atoms with Gasteiger partial charge in [-0.1, -0.05) is 13.8 Å². The lowest BCUT2D eigenvalue weighted by molar-refractivity contribution is -0.137. The summed E-state index contributed by atoms with van der Waals surface area (Å²) in [4.78, 5) is 40.3. The van der Waals surface area contributed by atoms with Crippen LogP contribution in [0.2, 0.25) is 0 Å². The molecule has 11 heteroatoms. The van der Waals surface area contributed by atoms with Gasteiger partial charge in [0.1, 0.15) is 11.9 Å². The van der Waals surface area contributed by atoms with Crippen molar-refractivity contribution in [3.05, 3.63) is 0 Å². The zero-order valence-electron chi connectivity index (χ0n) is 12.5. The topological polar surface area (TPSA) is 145 Å². The van der Waals surface area contributed by atoms with Crippen molar-refractivity contribution in [3.63, 3.8) is 0 Å². The maximum Gasteiger partial charge on any atom is 0.469 e. The summed E-state index contributed by atoms with van der Waals surface area (Å²) in [6.07, 6.45) is -1.48. The van der Waals surface area contributed by atoms with Gasteiger partial charge in [-0.05, 0) is 12.6 Å². The van der Waals surface area contributed by atoms with Gasteiger partial charge in [-0.25, -0.2) is 4.57 Å². The molecule has 0 aromatic heterocycles. The van der Waals surface area contributed by atoms with Crippen LogP contribution in [0, 0.1) is 5.41 Å². The summed E-state index contributed by atoms with van der Waals surface area (Å²) in [7, 11) is -4.68. The lowest BCUT2D eigenvalue weighted by Crippen LogP contribution is -2.46. The summed E-state index contributed by atoms with van der Waals surface area (Å²) in [6, 6.07) is 0. The van der Waals surface area contributed by atoms with Gasteiger partial charge in [-0.3, -0.25) is 14.1 Å². The second-order valence-electron chi connectivity index (χ2n) is 5.30. The number of carbonyl (C=O) groups is 2. The van der Waals surface area contributed by atoms with E-state index in [9.17, 15) is 19.3 Å². The molecule has 0 rings (SSSR count). The Bertz CT molecular complexity index is 427. The van der Waals surface area contributed by atoms with Gasteiger partial charge in [0.15, 0.2) is 0 Å². The fourth-order valence-corrected chi connectivity index (χ4v) is 2.00. The summed E-state index contributed by atoms with van der Waals surface area (Å²) >= 11 is 3.20. The molecule has 1 atom stereocenters. The van der Waals surface area contributed by atoms with Crippen molar-refractivity contribution >= 4 is 32.3 Å². The highest BCUT2D eigenvalue weighted by Gasteiger charge is 2.35. The van der Waals surface area contributed by atoms with Crippen LogP contribution in [0.4, 0.5) is 0 Å². The molecule has 0 saturated carbocycles. The fraction of sp³-hybridized carbons (Fsp3) is 0.818. The number of phosphoric ester groups is 1. The molecule has 0 fully saturated rings. The zero-order chi connectivity index (χ0) is 17.4. The van der Waals surface area contributed by atoms with E-state index in [1.807, 2.05) is 0 Å². The molecule has 0 aliphatic carbocycles. The third-order valence-corrected chi connectivity index (χ3v) is 3.41. The summed E-state index contributed by atoms with van der Waals surface area (Å²) in [5.74, 6) is -0.366. The van der Waals surface area contributed by atoms with Crippen LogP contribution in [-0.4, -0.2) is 58.3 Å². The second kappa shape index (κ2) is 9.49. The number of phosphoric acid groups is 1. The minimum atomic E-state index is -4.68. The molecule has 0 bridgehead atoms. The van der Waals surface area contributed by atoms with E-state index < -0.39 is 31.9 Å². The van der Waals surface area contributed by atoms with Crippen molar-refractivity contribution in [1.82, 2.24) is 10.6 Å². The predicted molar refractivity (Wildman–Crippen MR) is 83.4 cm³/mol. The standard InChI is InChI=1S/C11H23N2O7PS/c1-11(2,7-20-21(17,18)19)9(15)10(16)13-4-3-8(14)12-5-6-22/h9,15,22H,3-7H2,1-2H3,(H,12,14)(H,13,16)(H2,17,18,19)/p+1/t9-/m0/s1. The Morgan fingerprint density at radius 1 is 1.27 bits per heavy atom. The normalized spacial score (nSPS) is 13.5. The molecule has 0 aliphatic heterocycles. The summed E-state index contributed by atoms with van der Waals surface area (Å²) < 4.78 is 15.0. The molecule has 0 spiro atoms. The third kappa shape index (κ3) is 9.39. The monoisotopic (exact) mass is 359 g/mol. The van der Waals surface area contributed by atoms with E-state index in [0.29, 0.717) is 12.3 Å². The lowest BCUT2D eigenvalue weighted by Gasteiger charge is -2.29. The van der Waals surface area contributed by atoms with Gasteiger partial charge in [-0.2, -0.15) is 0 Å². The molecule has 5 N–H and O–H groups in total. The minimum Gasteiger partial charge on any atom is -0.383 e. The summed E-state index contributed by atoms with van der Waals surface area (Å²) in [5, 5.41) is 14.9. The number of aliphatic hydroxyl groups is 1. The Kier molecular flexibility index (Phi) is 9.21. The number of amides is 2. The highest BCUT2D eigenvalue weighted by molar-refractivity contribution is 7.58. The molecule has 22 heavy (non-hydrogen) atoms. The first-order valence-electron chi connectivity index (χ1n) is 6.57. The number of hydrogen-bond acceptors (Lipinski definition) is 5. The first-order chi connectivity index (χ1) is 9.99. The first-order valence-corrected chi connectivity index (χ1v) is 8.80. The Labute approximate surface area is 134 Å². The lowest BCUT2D eigenvalue weighted by atomic mass is 9.87. The average molecular weight is 359 g/mol. The van der Waals surface area contributed by atoms with Crippen LogP contribution in [0.5, 0.6) is 0 Å². The van der Waals surface area contributed by atoms with Gasteiger partial charge in [0, 0.05) is 18.4 Å². The van der Waals surface area contributed by atoms with Crippen molar-refractivity contribution in [2.24, 2.45) is 5.41 Å². The van der Waals surface area contributed by atoms with E-state index in [1.165, 1.54) is 13.8 Å². The highest BCUT2D eigenvalue weighted by Crippen LogP contribution is 2.38. The highest BCUT2D eigenvalue weighted by atomic mass is 32.1. The van der Waals surface area contributed by atoms with Crippen LogP contribution >= 0.6 is 7.82 Å². The molecule has 0 aromatic carbocycles. The van der Waals surface area contributed by atoms with E-state index in [-0.39, 0.29) is 18.9 Å². The Morgan fingerprint density at radius 2 is 1.86 bits per heavy atom. The van der Waals surface area contributed by atoms with Crippen LogP contribution in [0.15, 0.2) is 0 Å². The summed E-state index contributed by atoms with van der Waals surface area (Å²) in [5.41, 5.74) is -1.21. The second-order valence-corrected chi connectivity index (χ2v) is 7.04. The van der Waals surface area contributed by atoms with Crippen LogP contribution in [-0.2, 0) is 31.3 Å². The minimum absolute atomic E-state index is 0.0405. The maximum atomic E-state index is 11.8. The molecule has 2 amide bonds. The van der Waals surface area contributed by atoms with Crippen LogP contribution < -0.4 is 10.6 Å². The van der Waals surface area contributed by atoms with E-state index in [1.54, 1.807) is 0 Å². The Hall–Kier alpha value is -0.640. The fourth-order valence-electron chi connectivity index (χ4n) is 1.37. The van der Waals surface area contributed by atoms with Gasteiger partial charge in [-0.15, -0.1) is 0 Å². The average Bonchev–Trinajstić information content (AvgIpc) is 2.41. The SMILES string of the molecule is CC(C)(COP(=O)(O)O)[C@@H](O)C(=O)NCCC(=O)NCC[SH2+]. The van der Waals surface area contributed by atoms with Crippen molar-refractivity contribution in [2.75, 3.05) is 25.4 Å². The predicted octanol–water partition coefficient (Wildman–Crippen LogP) is -1.88. The smallest absolute Gasteiger partial charge is 0.383 e. The van der Waals surface area contributed by atoms with E-state index in [2.05, 4.69) is 27.8 Å². The van der Waals surface area contributed by atoms with Crippen LogP contribution in [0.1, 0.15) is 20.3 Å². The van der Waals surface area contributed by atoms with E-state index in [0.717, 1.165) is 0 Å². The number of rotatable bonds is 10.